The van der Waals surface area contributed by atoms with Crippen LogP contribution in [0, 0.1) is 0 Å². The molecule has 0 aromatic heterocycles. The highest BCUT2D eigenvalue weighted by molar-refractivity contribution is 8.93. The molecule has 124 valence electrons. The van der Waals surface area contributed by atoms with Crippen molar-refractivity contribution in [1.82, 2.24) is 11.5 Å². The van der Waals surface area contributed by atoms with Crippen LogP contribution in [0.5, 0.6) is 0 Å². The van der Waals surface area contributed by atoms with Crippen LogP contribution in [0.25, 0.3) is 0 Å². The van der Waals surface area contributed by atoms with Crippen molar-refractivity contribution in [2.24, 2.45) is 0 Å². The molecule has 0 bridgehead atoms. The first-order valence-corrected chi connectivity index (χ1v) is 8.26. The van der Waals surface area contributed by atoms with Gasteiger partial charge in [-0.15, -0.1) is 17.0 Å². The third kappa shape index (κ3) is 13.3. The Hall–Kier alpha value is 0.360. The van der Waals surface area contributed by atoms with Gasteiger partial charge in [-0.05, 0) is 6.42 Å². The Morgan fingerprint density at radius 1 is 0.900 bits per heavy atom. The molecule has 1 saturated heterocycles. The van der Waals surface area contributed by atoms with E-state index in [1.807, 2.05) is 0 Å². The average molecular weight is 353 g/mol. The van der Waals surface area contributed by atoms with Crippen molar-refractivity contribution in [2.75, 3.05) is 19.7 Å². The Morgan fingerprint density at radius 2 is 1.45 bits per heavy atom. The molecule has 20 heavy (non-hydrogen) atoms. The average Bonchev–Trinajstić information content (AvgIpc) is 2.42. The van der Waals surface area contributed by atoms with Crippen molar-refractivity contribution < 1.29 is 4.74 Å². The summed E-state index contributed by atoms with van der Waals surface area (Å²) < 4.78 is 5.70. The molecule has 4 heteroatoms. The number of ether oxygens (including phenoxy) is 1. The van der Waals surface area contributed by atoms with Crippen LogP contribution in [0.2, 0.25) is 0 Å². The van der Waals surface area contributed by atoms with E-state index in [1.54, 1.807) is 0 Å². The van der Waals surface area contributed by atoms with E-state index in [2.05, 4.69) is 12.2 Å². The second-order valence-corrected chi connectivity index (χ2v) is 5.67. The molecule has 0 radical (unpaired) electrons. The van der Waals surface area contributed by atoms with Crippen LogP contribution < -0.4 is 11.5 Å². The molecule has 0 aromatic rings. The van der Waals surface area contributed by atoms with Gasteiger partial charge in [-0.1, -0.05) is 71.1 Å². The number of halogens is 1. The molecule has 1 aliphatic rings. The first-order chi connectivity index (χ1) is 8.93. The molecule has 0 saturated carbocycles. The Kier molecular flexibility index (Phi) is 19.7. The van der Waals surface area contributed by atoms with Crippen molar-refractivity contribution >= 4 is 17.0 Å². The van der Waals surface area contributed by atoms with E-state index in [9.17, 15) is 0 Å². The summed E-state index contributed by atoms with van der Waals surface area (Å²) in [6.45, 7) is 5.29. The van der Waals surface area contributed by atoms with Crippen molar-refractivity contribution in [2.45, 2.75) is 83.7 Å². The molecule has 3 nitrogen and oxygen atoms in total. The molecular formula is C16H37BrN2O. The fourth-order valence-electron chi connectivity index (χ4n) is 2.66. The summed E-state index contributed by atoms with van der Waals surface area (Å²) in [7, 11) is 0. The normalized spacial score (nSPS) is 18.1. The van der Waals surface area contributed by atoms with E-state index in [4.69, 9.17) is 4.74 Å². The molecule has 1 unspecified atom stereocenters. The topological polar surface area (TPSA) is 56.3 Å². The highest BCUT2D eigenvalue weighted by Gasteiger charge is 2.11. The van der Waals surface area contributed by atoms with Gasteiger partial charge in [0.15, 0.2) is 0 Å². The zero-order valence-electron chi connectivity index (χ0n) is 13.5. The van der Waals surface area contributed by atoms with Crippen LogP contribution in [0.15, 0.2) is 0 Å². The van der Waals surface area contributed by atoms with Crippen LogP contribution in [0.1, 0.15) is 77.6 Å². The molecule has 1 rings (SSSR count). The zero-order valence-corrected chi connectivity index (χ0v) is 15.2. The highest BCUT2D eigenvalue weighted by Crippen LogP contribution is 2.13. The summed E-state index contributed by atoms with van der Waals surface area (Å²) in [5.74, 6) is 0. The lowest BCUT2D eigenvalue weighted by molar-refractivity contribution is 0.0220. The number of unbranched alkanes of at least 4 members (excludes halogenated alkanes) is 9. The predicted molar refractivity (Wildman–Crippen MR) is 94.4 cm³/mol. The lowest BCUT2D eigenvalue weighted by Crippen LogP contribution is -2.38. The monoisotopic (exact) mass is 352 g/mol. The summed E-state index contributed by atoms with van der Waals surface area (Å²) >= 11 is 0. The van der Waals surface area contributed by atoms with Gasteiger partial charge in [0.1, 0.15) is 0 Å². The second-order valence-electron chi connectivity index (χ2n) is 5.67. The van der Waals surface area contributed by atoms with Gasteiger partial charge in [-0.25, -0.2) is 0 Å². The number of nitrogens with one attached hydrogen (secondary N) is 1. The largest absolute Gasteiger partial charge is 0.376 e. The Morgan fingerprint density at radius 3 is 1.95 bits per heavy atom. The first kappa shape index (κ1) is 22.6. The summed E-state index contributed by atoms with van der Waals surface area (Å²) in [6.07, 6.45) is 15.9. The van der Waals surface area contributed by atoms with Crippen molar-refractivity contribution in [3.63, 3.8) is 0 Å². The zero-order chi connectivity index (χ0) is 12.9. The van der Waals surface area contributed by atoms with Crippen LogP contribution in [0.4, 0.5) is 0 Å². The van der Waals surface area contributed by atoms with Gasteiger partial charge in [0.05, 0.1) is 12.7 Å². The van der Waals surface area contributed by atoms with Crippen LogP contribution in [-0.2, 0) is 4.74 Å². The van der Waals surface area contributed by atoms with E-state index >= 15 is 0 Å². The van der Waals surface area contributed by atoms with Crippen molar-refractivity contribution in [3.05, 3.63) is 0 Å². The third-order valence-corrected chi connectivity index (χ3v) is 3.88. The molecule has 1 aliphatic heterocycles. The molecule has 0 aliphatic carbocycles. The molecular weight excluding hydrogens is 316 g/mol. The lowest BCUT2D eigenvalue weighted by atomic mass is 10.0. The van der Waals surface area contributed by atoms with E-state index in [0.29, 0.717) is 6.10 Å². The minimum atomic E-state index is 0. The number of morpholine rings is 1. The third-order valence-electron chi connectivity index (χ3n) is 3.88. The molecule has 1 fully saturated rings. The molecule has 1 atom stereocenters. The van der Waals surface area contributed by atoms with Gasteiger partial charge in [0, 0.05) is 13.1 Å². The van der Waals surface area contributed by atoms with Crippen molar-refractivity contribution in [1.29, 1.82) is 0 Å². The van der Waals surface area contributed by atoms with Gasteiger partial charge >= 0.3 is 0 Å². The number of hydrogen-bond acceptors (Lipinski definition) is 3. The van der Waals surface area contributed by atoms with Gasteiger partial charge < -0.3 is 16.2 Å². The maximum absolute atomic E-state index is 5.70. The van der Waals surface area contributed by atoms with Crippen molar-refractivity contribution in [3.8, 4) is 0 Å². The smallest absolute Gasteiger partial charge is 0.0700 e. The van der Waals surface area contributed by atoms with E-state index in [-0.39, 0.29) is 23.1 Å². The fraction of sp³-hybridized carbons (Fsp3) is 1.00. The maximum Gasteiger partial charge on any atom is 0.0700 e. The quantitative estimate of drug-likeness (QED) is 0.513. The van der Waals surface area contributed by atoms with E-state index in [0.717, 1.165) is 19.7 Å². The summed E-state index contributed by atoms with van der Waals surface area (Å²) in [4.78, 5) is 0. The molecule has 0 amide bonds. The van der Waals surface area contributed by atoms with Crippen LogP contribution >= 0.6 is 17.0 Å². The molecule has 0 spiro atoms. The summed E-state index contributed by atoms with van der Waals surface area (Å²) in [5.41, 5.74) is 0. The minimum Gasteiger partial charge on any atom is -0.376 e. The van der Waals surface area contributed by atoms with Crippen LogP contribution in [-0.4, -0.2) is 25.8 Å². The standard InChI is InChI=1S/C16H33NO.BrH.H3N/c1-2-3-4-5-6-7-8-9-10-11-12-16-15-17-13-14-18-16;;/h16-17H,2-15H2,1H3;1H;1H3. The second kappa shape index (κ2) is 17.4. The van der Waals surface area contributed by atoms with Gasteiger partial charge in [0.2, 0.25) is 0 Å². The van der Waals surface area contributed by atoms with E-state index in [1.165, 1.54) is 70.6 Å². The minimum absolute atomic E-state index is 0. The van der Waals surface area contributed by atoms with Gasteiger partial charge in [-0.3, -0.25) is 0 Å². The Balaban J connectivity index is 0. The van der Waals surface area contributed by atoms with Gasteiger partial charge in [0.25, 0.3) is 0 Å². The van der Waals surface area contributed by atoms with E-state index < -0.39 is 0 Å². The fourth-order valence-corrected chi connectivity index (χ4v) is 2.66. The first-order valence-electron chi connectivity index (χ1n) is 8.26. The Labute approximate surface area is 137 Å². The molecule has 0 aromatic carbocycles. The summed E-state index contributed by atoms with van der Waals surface area (Å²) in [5, 5.41) is 3.40. The summed E-state index contributed by atoms with van der Waals surface area (Å²) in [6, 6.07) is 0. The predicted octanol–water partition coefficient (Wildman–Crippen LogP) is 5.03. The lowest BCUT2D eigenvalue weighted by Gasteiger charge is -2.23. The van der Waals surface area contributed by atoms with Gasteiger partial charge in [-0.2, -0.15) is 0 Å². The highest BCUT2D eigenvalue weighted by atomic mass is 79.9. The maximum atomic E-state index is 5.70. The number of rotatable bonds is 11. The SMILES string of the molecule is Br.CCCCCCCCCCCCC1CNCCO1.N. The van der Waals surface area contributed by atoms with Crippen LogP contribution in [0.3, 0.4) is 0 Å². The Bertz CT molecular complexity index is 176. The molecule has 1 heterocycles. The molecule has 4 N–H and O–H groups in total. The number of hydrogen-bond donors (Lipinski definition) is 2.